The van der Waals surface area contributed by atoms with Crippen LogP contribution in [0, 0.1) is 0 Å². The molecule has 0 bridgehead atoms. The summed E-state index contributed by atoms with van der Waals surface area (Å²) >= 11 is 2.98. The van der Waals surface area contributed by atoms with Gasteiger partial charge >= 0.3 is 0 Å². The molecule has 0 fully saturated rings. The van der Waals surface area contributed by atoms with Gasteiger partial charge in [0.05, 0.1) is 0 Å². The van der Waals surface area contributed by atoms with Gasteiger partial charge in [0.1, 0.15) is 0 Å². The van der Waals surface area contributed by atoms with Crippen LogP contribution in [-0.2, 0) is 19.2 Å². The third-order valence-electron chi connectivity index (χ3n) is 0.239. The van der Waals surface area contributed by atoms with E-state index in [1.165, 1.54) is 0 Å². The summed E-state index contributed by atoms with van der Waals surface area (Å²) in [5.41, 5.74) is 5.05. The highest BCUT2D eigenvalue weighted by molar-refractivity contribution is 9.08. The second kappa shape index (κ2) is 31.0. The van der Waals surface area contributed by atoms with Gasteiger partial charge in [0, 0.05) is 56.9 Å². The Bertz CT molecular complexity index is 208. The smallest absolute Gasteiger partial charge is 0.300 e. The number of hydrogen-bond donors (Lipinski definition) is 6. The van der Waals surface area contributed by atoms with Gasteiger partial charge in [-0.1, -0.05) is 0 Å². The van der Waals surface area contributed by atoms with E-state index < -0.39 is 23.9 Å². The first-order chi connectivity index (χ1) is 9.34. The Morgan fingerprint density at radius 1 is 0.810 bits per heavy atom. The number of carboxylic acids is 4. The molecule has 0 saturated heterocycles. The quantitative estimate of drug-likeness (QED) is 0.362. The van der Waals surface area contributed by atoms with E-state index in [0.29, 0.717) is 6.54 Å². The zero-order valence-corrected chi connectivity index (χ0v) is 13.9. The highest BCUT2D eigenvalue weighted by Crippen LogP contribution is 1.58. The molecule has 0 saturated carbocycles. The Kier molecular flexibility index (Phi) is 46.6. The minimum absolute atomic E-state index is 0.686. The van der Waals surface area contributed by atoms with Gasteiger partial charge in [-0.15, -0.1) is 0 Å². The summed E-state index contributed by atoms with van der Waals surface area (Å²) in [6.45, 7) is 5.85. The summed E-state index contributed by atoms with van der Waals surface area (Å²) in [6.07, 6.45) is 0. The number of aliphatic carboxylic acids is 4. The molecule has 0 aliphatic rings. The van der Waals surface area contributed by atoms with Crippen molar-refractivity contribution in [1.29, 1.82) is 0 Å². The average Bonchev–Trinajstić information content (AvgIpc) is 2.14. The van der Waals surface area contributed by atoms with Crippen LogP contribution in [0.2, 0.25) is 0 Å². The van der Waals surface area contributed by atoms with Crippen molar-refractivity contribution in [1.82, 2.24) is 4.34 Å². The normalized spacial score (nSPS) is 6.76. The minimum Gasteiger partial charge on any atom is -0.481 e. The van der Waals surface area contributed by atoms with Crippen LogP contribution in [0.15, 0.2) is 0 Å². The van der Waals surface area contributed by atoms with Crippen molar-refractivity contribution in [3.05, 3.63) is 0 Å². The number of nitrogens with two attached hydrogens (primary N) is 1. The molecule has 11 heteroatoms. The van der Waals surface area contributed by atoms with Gasteiger partial charge < -0.3 is 26.2 Å². The highest BCUT2D eigenvalue weighted by Gasteiger charge is 1.67. The number of hydrogen-bond acceptors (Lipinski definition) is 6. The fourth-order valence-electron chi connectivity index (χ4n) is 0.0546. The van der Waals surface area contributed by atoms with Crippen LogP contribution in [0.25, 0.3) is 0 Å². The maximum absolute atomic E-state index is 9.00. The summed E-state index contributed by atoms with van der Waals surface area (Å²) in [5.74, 6) is -3.33. The predicted molar refractivity (Wildman–Crippen MR) is 79.2 cm³/mol. The molecule has 0 aliphatic carbocycles. The van der Waals surface area contributed by atoms with Gasteiger partial charge in [-0.3, -0.25) is 23.5 Å². The van der Waals surface area contributed by atoms with Gasteiger partial charge in [0.2, 0.25) is 0 Å². The summed E-state index contributed by atoms with van der Waals surface area (Å²) < 4.78 is 2.70. The average molecular weight is 379 g/mol. The van der Waals surface area contributed by atoms with Gasteiger partial charge in [0.15, 0.2) is 0 Å². The Hall–Kier alpha value is -1.72. The maximum Gasteiger partial charge on any atom is 0.300 e. The van der Waals surface area contributed by atoms with E-state index in [1.807, 2.05) is 0 Å². The molecule has 0 rings (SSSR count). The molecule has 21 heavy (non-hydrogen) atoms. The van der Waals surface area contributed by atoms with E-state index in [4.69, 9.17) is 45.3 Å². The minimum atomic E-state index is -0.833. The van der Waals surface area contributed by atoms with Crippen LogP contribution >= 0.6 is 16.1 Å². The van der Waals surface area contributed by atoms with Crippen molar-refractivity contribution in [3.8, 4) is 0 Å². The van der Waals surface area contributed by atoms with E-state index >= 15 is 0 Å². The molecule has 0 unspecified atom stereocenters. The predicted octanol–water partition coefficient (Wildman–Crippen LogP) is 0.208. The van der Waals surface area contributed by atoms with E-state index in [1.54, 1.807) is 0 Å². The van der Waals surface area contributed by atoms with Crippen molar-refractivity contribution < 1.29 is 39.6 Å². The van der Waals surface area contributed by atoms with Crippen LogP contribution in [0.5, 0.6) is 0 Å². The maximum atomic E-state index is 9.00. The van der Waals surface area contributed by atoms with Crippen LogP contribution in [0.1, 0.15) is 27.7 Å². The Morgan fingerprint density at radius 3 is 0.952 bits per heavy atom. The molecular weight excluding hydrogens is 356 g/mol. The van der Waals surface area contributed by atoms with Crippen molar-refractivity contribution in [2.75, 3.05) is 13.1 Å². The van der Waals surface area contributed by atoms with E-state index in [2.05, 4.69) is 20.5 Å². The SMILES string of the molecule is CC(=O)O.CC(=O)O.CC(=O)O.CC(=O)O.NCCNBr. The third kappa shape index (κ3) is 61800. The van der Waals surface area contributed by atoms with Gasteiger partial charge in [-0.05, 0) is 0 Å². The molecule has 0 heterocycles. The first-order valence-electron chi connectivity index (χ1n) is 5.16. The van der Waals surface area contributed by atoms with Crippen molar-refractivity contribution in [2.45, 2.75) is 27.7 Å². The zero-order chi connectivity index (χ0) is 18.4. The highest BCUT2D eigenvalue weighted by atomic mass is 79.9. The summed E-state index contributed by atoms with van der Waals surface area (Å²) in [5, 5.41) is 29.7. The fourth-order valence-corrected chi connectivity index (χ4v) is 0.283. The molecule has 0 aliphatic heterocycles. The molecule has 0 aromatic rings. The Balaban J connectivity index is -0.0000000510. The number of carbonyl (C=O) groups is 4. The first kappa shape index (κ1) is 31.6. The van der Waals surface area contributed by atoms with Crippen molar-refractivity contribution in [2.24, 2.45) is 5.73 Å². The van der Waals surface area contributed by atoms with Gasteiger partial charge in [-0.2, -0.15) is 0 Å². The second-order valence-corrected chi connectivity index (χ2v) is 3.31. The first-order valence-corrected chi connectivity index (χ1v) is 5.95. The lowest BCUT2D eigenvalue weighted by Crippen LogP contribution is -2.12. The van der Waals surface area contributed by atoms with Crippen molar-refractivity contribution in [3.63, 3.8) is 0 Å². The topological polar surface area (TPSA) is 187 Å². The molecule has 10 nitrogen and oxygen atoms in total. The van der Waals surface area contributed by atoms with Crippen LogP contribution in [0.4, 0.5) is 0 Å². The monoisotopic (exact) mass is 378 g/mol. The summed E-state index contributed by atoms with van der Waals surface area (Å²) in [4.78, 5) is 36.0. The van der Waals surface area contributed by atoms with E-state index in [0.717, 1.165) is 34.2 Å². The molecule has 0 aromatic carbocycles. The summed E-state index contributed by atoms with van der Waals surface area (Å²) in [6, 6.07) is 0. The number of nitrogens with one attached hydrogen (secondary N) is 1. The van der Waals surface area contributed by atoms with Gasteiger partial charge in [0.25, 0.3) is 23.9 Å². The number of rotatable bonds is 2. The molecule has 0 aromatic heterocycles. The molecule has 0 spiro atoms. The molecule has 128 valence electrons. The lowest BCUT2D eigenvalue weighted by molar-refractivity contribution is -0.135. The largest absolute Gasteiger partial charge is 0.481 e. The summed E-state index contributed by atoms with van der Waals surface area (Å²) in [7, 11) is 0. The van der Waals surface area contributed by atoms with Crippen LogP contribution in [0.3, 0.4) is 0 Å². The number of carboxylic acid groups (broad SMARTS) is 4. The molecular formula is C10H23BrN2O8. The Morgan fingerprint density at radius 2 is 0.952 bits per heavy atom. The molecule has 0 atom stereocenters. The van der Waals surface area contributed by atoms with Crippen LogP contribution in [-0.4, -0.2) is 57.4 Å². The number of halogens is 1. The zero-order valence-electron chi connectivity index (χ0n) is 12.3. The lowest BCUT2D eigenvalue weighted by Gasteiger charge is -1.82. The van der Waals surface area contributed by atoms with Crippen molar-refractivity contribution >= 4 is 40.0 Å². The van der Waals surface area contributed by atoms with E-state index in [-0.39, 0.29) is 0 Å². The third-order valence-corrected chi connectivity index (χ3v) is 0.635. The Labute approximate surface area is 131 Å². The molecule has 0 amide bonds. The molecule has 7 N–H and O–H groups in total. The lowest BCUT2D eigenvalue weighted by atomic mass is 10.7. The second-order valence-electron chi connectivity index (χ2n) is 2.75. The standard InChI is InChI=1S/C2H7BrN2.4C2H4O2/c3-5-2-1-4;4*1-2(3)4/h5H,1-2,4H2;4*1H3,(H,3,4). The van der Waals surface area contributed by atoms with Gasteiger partial charge in [-0.25, -0.2) is 0 Å². The van der Waals surface area contributed by atoms with E-state index in [9.17, 15) is 0 Å². The molecule has 0 radical (unpaired) electrons. The van der Waals surface area contributed by atoms with Crippen LogP contribution < -0.4 is 10.1 Å². The fraction of sp³-hybridized carbons (Fsp3) is 0.600.